The predicted molar refractivity (Wildman–Crippen MR) is 113 cm³/mol. The molecule has 0 spiro atoms. The molecule has 0 aliphatic rings. The minimum absolute atomic E-state index is 0.0434. The van der Waals surface area contributed by atoms with Gasteiger partial charge in [0.2, 0.25) is 0 Å². The smallest absolute Gasteiger partial charge is 0.152 e. The standard InChI is InChI=1S/C22H44N2O3/c1-16(19(26)17(23)10-11-18(25)20(2,3)4)12-13-22(8,9)27-15-14-24-21(5,6)7/h16-17,24H,10-15,23H2,1-9H3. The van der Waals surface area contributed by atoms with Crippen LogP contribution in [-0.2, 0) is 14.3 Å². The van der Waals surface area contributed by atoms with Gasteiger partial charge < -0.3 is 15.8 Å². The number of rotatable bonds is 12. The van der Waals surface area contributed by atoms with Crippen molar-refractivity contribution in [3.63, 3.8) is 0 Å². The van der Waals surface area contributed by atoms with E-state index in [0.29, 0.717) is 19.4 Å². The minimum atomic E-state index is -0.564. The summed E-state index contributed by atoms with van der Waals surface area (Å²) in [5.41, 5.74) is 5.47. The summed E-state index contributed by atoms with van der Waals surface area (Å²) in [6.07, 6.45) is 2.32. The molecular weight excluding hydrogens is 340 g/mol. The van der Waals surface area contributed by atoms with E-state index >= 15 is 0 Å². The van der Waals surface area contributed by atoms with Crippen LogP contribution in [0.1, 0.15) is 88.0 Å². The maximum Gasteiger partial charge on any atom is 0.152 e. The lowest BCUT2D eigenvalue weighted by Crippen LogP contribution is -2.40. The number of nitrogens with two attached hydrogens (primary N) is 1. The van der Waals surface area contributed by atoms with Crippen LogP contribution in [0, 0.1) is 11.3 Å². The van der Waals surface area contributed by atoms with Gasteiger partial charge in [-0.05, 0) is 53.9 Å². The van der Waals surface area contributed by atoms with Gasteiger partial charge in [-0.2, -0.15) is 0 Å². The number of carbonyl (C=O) groups excluding carboxylic acids is 2. The highest BCUT2D eigenvalue weighted by molar-refractivity contribution is 5.87. The van der Waals surface area contributed by atoms with E-state index in [0.717, 1.165) is 19.4 Å². The molecule has 0 saturated carbocycles. The zero-order chi connectivity index (χ0) is 21.5. The first-order valence-corrected chi connectivity index (χ1v) is 10.3. The molecular formula is C22H44N2O3. The third-order valence-corrected chi connectivity index (χ3v) is 4.80. The van der Waals surface area contributed by atoms with Crippen molar-refractivity contribution in [2.45, 2.75) is 105 Å². The maximum absolute atomic E-state index is 12.5. The summed E-state index contributed by atoms with van der Waals surface area (Å²) < 4.78 is 5.98. The van der Waals surface area contributed by atoms with Gasteiger partial charge in [-0.3, -0.25) is 9.59 Å². The van der Waals surface area contributed by atoms with Crippen molar-refractivity contribution >= 4 is 11.6 Å². The highest BCUT2D eigenvalue weighted by Gasteiger charge is 2.27. The first-order valence-electron chi connectivity index (χ1n) is 10.3. The molecule has 27 heavy (non-hydrogen) atoms. The van der Waals surface area contributed by atoms with Crippen molar-refractivity contribution in [3.8, 4) is 0 Å². The van der Waals surface area contributed by atoms with Gasteiger partial charge in [0.25, 0.3) is 0 Å². The van der Waals surface area contributed by atoms with E-state index in [9.17, 15) is 9.59 Å². The Morgan fingerprint density at radius 3 is 2.04 bits per heavy atom. The van der Waals surface area contributed by atoms with E-state index in [4.69, 9.17) is 10.5 Å². The molecule has 0 aliphatic carbocycles. The molecule has 0 fully saturated rings. The summed E-state index contributed by atoms with van der Waals surface area (Å²) in [7, 11) is 0. The summed E-state index contributed by atoms with van der Waals surface area (Å²) in [6.45, 7) is 19.5. The second-order valence-electron chi connectivity index (χ2n) is 10.4. The Labute approximate surface area is 167 Å². The number of hydrogen-bond donors (Lipinski definition) is 2. The van der Waals surface area contributed by atoms with Crippen LogP contribution in [0.15, 0.2) is 0 Å². The lowest BCUT2D eigenvalue weighted by molar-refractivity contribution is -0.127. The Morgan fingerprint density at radius 1 is 1.00 bits per heavy atom. The van der Waals surface area contributed by atoms with Gasteiger partial charge in [0.1, 0.15) is 5.78 Å². The molecule has 0 heterocycles. The largest absolute Gasteiger partial charge is 0.374 e. The highest BCUT2D eigenvalue weighted by atomic mass is 16.5. The molecule has 0 amide bonds. The Hall–Kier alpha value is -0.780. The van der Waals surface area contributed by atoms with Gasteiger partial charge in [-0.1, -0.05) is 27.7 Å². The van der Waals surface area contributed by atoms with Crippen LogP contribution in [-0.4, -0.2) is 41.9 Å². The van der Waals surface area contributed by atoms with Gasteiger partial charge >= 0.3 is 0 Å². The molecule has 0 aromatic rings. The molecule has 2 atom stereocenters. The number of hydrogen-bond acceptors (Lipinski definition) is 5. The fourth-order valence-corrected chi connectivity index (χ4v) is 2.70. The molecule has 3 N–H and O–H groups in total. The molecule has 0 rings (SSSR count). The van der Waals surface area contributed by atoms with Gasteiger partial charge in [0.15, 0.2) is 5.78 Å². The first-order chi connectivity index (χ1) is 12.1. The van der Waals surface area contributed by atoms with E-state index in [-0.39, 0.29) is 34.0 Å². The molecule has 5 nitrogen and oxygen atoms in total. The van der Waals surface area contributed by atoms with Crippen LogP contribution in [0.25, 0.3) is 0 Å². The van der Waals surface area contributed by atoms with E-state index in [2.05, 4.69) is 39.9 Å². The Balaban J connectivity index is 4.28. The van der Waals surface area contributed by atoms with Crippen molar-refractivity contribution in [2.75, 3.05) is 13.2 Å². The second-order valence-corrected chi connectivity index (χ2v) is 10.4. The normalized spacial score (nSPS) is 15.5. The third kappa shape index (κ3) is 12.3. The topological polar surface area (TPSA) is 81.4 Å². The third-order valence-electron chi connectivity index (χ3n) is 4.80. The van der Waals surface area contributed by atoms with Crippen LogP contribution in [0.2, 0.25) is 0 Å². The second kappa shape index (κ2) is 10.7. The Bertz CT molecular complexity index is 473. The number of ether oxygens (including phenoxy) is 1. The SMILES string of the molecule is CC(CCC(C)(C)OCCNC(C)(C)C)C(=O)C(N)CCC(=O)C(C)(C)C. The molecule has 0 radical (unpaired) electrons. The van der Waals surface area contributed by atoms with Crippen LogP contribution in [0.5, 0.6) is 0 Å². The van der Waals surface area contributed by atoms with Crippen molar-refractivity contribution < 1.29 is 14.3 Å². The number of carbonyl (C=O) groups is 2. The fraction of sp³-hybridized carbons (Fsp3) is 0.909. The molecule has 0 bridgehead atoms. The minimum Gasteiger partial charge on any atom is -0.374 e. The zero-order valence-corrected chi connectivity index (χ0v) is 19.2. The number of ketones is 2. The highest BCUT2D eigenvalue weighted by Crippen LogP contribution is 2.22. The number of nitrogens with one attached hydrogen (secondary N) is 1. The van der Waals surface area contributed by atoms with Crippen molar-refractivity contribution in [1.29, 1.82) is 0 Å². The van der Waals surface area contributed by atoms with Gasteiger partial charge in [0.05, 0.1) is 18.2 Å². The molecule has 0 aliphatic heterocycles. The monoisotopic (exact) mass is 384 g/mol. The van der Waals surface area contributed by atoms with Crippen molar-refractivity contribution in [1.82, 2.24) is 5.32 Å². The summed E-state index contributed by atoms with van der Waals surface area (Å²) in [6, 6.07) is -0.564. The Morgan fingerprint density at radius 2 is 1.56 bits per heavy atom. The van der Waals surface area contributed by atoms with Crippen molar-refractivity contribution in [2.24, 2.45) is 17.1 Å². The molecule has 2 unspecified atom stereocenters. The molecule has 0 saturated heterocycles. The van der Waals surface area contributed by atoms with Crippen LogP contribution in [0.3, 0.4) is 0 Å². The van der Waals surface area contributed by atoms with Crippen molar-refractivity contribution in [3.05, 3.63) is 0 Å². The lowest BCUT2D eigenvalue weighted by Gasteiger charge is -2.28. The van der Waals surface area contributed by atoms with Gasteiger partial charge in [0, 0.05) is 29.8 Å². The van der Waals surface area contributed by atoms with Crippen LogP contribution in [0.4, 0.5) is 0 Å². The molecule has 5 heteroatoms. The van der Waals surface area contributed by atoms with E-state index < -0.39 is 6.04 Å². The molecule has 0 aromatic heterocycles. The van der Waals surface area contributed by atoms with Crippen LogP contribution < -0.4 is 11.1 Å². The number of Topliss-reactive ketones (excluding diaryl/α,β-unsaturated/α-hetero) is 2. The van der Waals surface area contributed by atoms with E-state index in [1.54, 1.807) is 0 Å². The van der Waals surface area contributed by atoms with E-state index in [1.165, 1.54) is 0 Å². The van der Waals surface area contributed by atoms with E-state index in [1.807, 2.05) is 27.7 Å². The summed E-state index contributed by atoms with van der Waals surface area (Å²) >= 11 is 0. The Kier molecular flexibility index (Phi) is 10.4. The summed E-state index contributed by atoms with van der Waals surface area (Å²) in [5, 5.41) is 3.40. The predicted octanol–water partition coefficient (Wildman–Crippen LogP) is 3.88. The average Bonchev–Trinajstić information content (AvgIpc) is 2.51. The maximum atomic E-state index is 12.5. The summed E-state index contributed by atoms with van der Waals surface area (Å²) in [4.78, 5) is 24.5. The molecule has 0 aromatic carbocycles. The fourth-order valence-electron chi connectivity index (χ4n) is 2.70. The zero-order valence-electron chi connectivity index (χ0n) is 19.2. The quantitative estimate of drug-likeness (QED) is 0.499. The first kappa shape index (κ1) is 26.2. The lowest BCUT2D eigenvalue weighted by atomic mass is 9.85. The molecule has 160 valence electrons. The summed E-state index contributed by atoms with van der Waals surface area (Å²) in [5.74, 6) is 0.0685. The van der Waals surface area contributed by atoms with Gasteiger partial charge in [-0.15, -0.1) is 0 Å². The van der Waals surface area contributed by atoms with Crippen LogP contribution >= 0.6 is 0 Å². The van der Waals surface area contributed by atoms with Gasteiger partial charge in [-0.25, -0.2) is 0 Å². The average molecular weight is 385 g/mol.